The van der Waals surface area contributed by atoms with Crippen LogP contribution in [-0.2, 0) is 9.53 Å². The van der Waals surface area contributed by atoms with Gasteiger partial charge in [0.15, 0.2) is 0 Å². The maximum Gasteiger partial charge on any atom is 0.316 e. The maximum atomic E-state index is 10.6. The van der Waals surface area contributed by atoms with Crippen molar-refractivity contribution in [1.82, 2.24) is 0 Å². The van der Waals surface area contributed by atoms with Crippen molar-refractivity contribution in [2.75, 3.05) is 12.9 Å². The van der Waals surface area contributed by atoms with Gasteiger partial charge in [-0.15, -0.1) is 0 Å². The van der Waals surface area contributed by atoms with Crippen molar-refractivity contribution in [3.05, 3.63) is 0 Å². The molecule has 0 aliphatic heterocycles. The second-order valence-corrected chi connectivity index (χ2v) is 6.16. The third-order valence-corrected chi connectivity index (χ3v) is 3.89. The van der Waals surface area contributed by atoms with Crippen LogP contribution in [-0.4, -0.2) is 23.6 Å². The van der Waals surface area contributed by atoms with Gasteiger partial charge in [-0.3, -0.25) is 4.79 Å². The molecule has 0 aromatic heterocycles. The lowest BCUT2D eigenvalue weighted by Crippen LogP contribution is -2.07. The Morgan fingerprint density at radius 3 is 2.36 bits per heavy atom. The van der Waals surface area contributed by atoms with Crippen LogP contribution in [0, 0.1) is 0 Å². The number of rotatable bonds is 3. The Bertz CT molecular complexity index is 129. The molecule has 0 aromatic rings. The molecular formula is C7H14O2S2. The normalized spacial score (nSPS) is 11.3. The second kappa shape index (κ2) is 4.93. The fourth-order valence-corrected chi connectivity index (χ4v) is 2.47. The molecule has 0 bridgehead atoms. The van der Waals surface area contributed by atoms with E-state index in [1.807, 2.05) is 0 Å². The number of hydrogen-bond acceptors (Lipinski definition) is 4. The van der Waals surface area contributed by atoms with E-state index in [1.54, 1.807) is 10.8 Å². The third-order valence-electron chi connectivity index (χ3n) is 0.713. The summed E-state index contributed by atoms with van der Waals surface area (Å²) in [6, 6.07) is 0. The molecule has 0 aliphatic rings. The number of methoxy groups -OCH3 is 1. The topological polar surface area (TPSA) is 26.3 Å². The van der Waals surface area contributed by atoms with Gasteiger partial charge in [-0.1, -0.05) is 42.4 Å². The molecule has 0 atom stereocenters. The van der Waals surface area contributed by atoms with E-state index in [1.165, 1.54) is 17.9 Å². The fraction of sp³-hybridized carbons (Fsp3) is 0.857. The van der Waals surface area contributed by atoms with Crippen LogP contribution < -0.4 is 0 Å². The molecule has 4 heteroatoms. The molecule has 0 rings (SSSR count). The molecule has 0 heterocycles. The number of carbonyl (C=O) groups is 1. The van der Waals surface area contributed by atoms with Gasteiger partial charge in [-0.05, 0) is 0 Å². The summed E-state index contributed by atoms with van der Waals surface area (Å²) in [4.78, 5) is 10.6. The van der Waals surface area contributed by atoms with Crippen LogP contribution in [0.25, 0.3) is 0 Å². The van der Waals surface area contributed by atoms with Crippen LogP contribution in [0.5, 0.6) is 0 Å². The second-order valence-electron chi connectivity index (χ2n) is 3.03. The van der Waals surface area contributed by atoms with E-state index < -0.39 is 0 Å². The summed E-state index contributed by atoms with van der Waals surface area (Å²) in [5.74, 6) is 0.269. The fourth-order valence-electron chi connectivity index (χ4n) is 0.313. The first-order chi connectivity index (χ1) is 4.95. The number of hydrogen-bond donors (Lipinski definition) is 0. The predicted molar refractivity (Wildman–Crippen MR) is 51.8 cm³/mol. The zero-order chi connectivity index (χ0) is 8.91. The van der Waals surface area contributed by atoms with Crippen molar-refractivity contribution in [2.45, 2.75) is 25.5 Å². The molecule has 66 valence electrons. The SMILES string of the molecule is COC(=O)CSSC(C)(C)C. The van der Waals surface area contributed by atoms with Crippen LogP contribution >= 0.6 is 21.6 Å². The van der Waals surface area contributed by atoms with E-state index in [9.17, 15) is 4.79 Å². The number of esters is 1. The van der Waals surface area contributed by atoms with E-state index >= 15 is 0 Å². The van der Waals surface area contributed by atoms with Crippen LogP contribution in [0.2, 0.25) is 0 Å². The quantitative estimate of drug-likeness (QED) is 0.509. The number of ether oxygens (including phenoxy) is 1. The van der Waals surface area contributed by atoms with Gasteiger partial charge < -0.3 is 4.74 Å². The Kier molecular flexibility index (Phi) is 5.01. The highest BCUT2D eigenvalue weighted by atomic mass is 33.1. The minimum absolute atomic E-state index is 0.160. The summed E-state index contributed by atoms with van der Waals surface area (Å²) in [6.07, 6.45) is 0. The van der Waals surface area contributed by atoms with Gasteiger partial charge >= 0.3 is 5.97 Å². The molecule has 0 amide bonds. The molecule has 0 saturated carbocycles. The van der Waals surface area contributed by atoms with E-state index in [0.29, 0.717) is 5.75 Å². The van der Waals surface area contributed by atoms with Crippen molar-refractivity contribution in [1.29, 1.82) is 0 Å². The summed E-state index contributed by atoms with van der Waals surface area (Å²) in [7, 11) is 4.64. The van der Waals surface area contributed by atoms with Crippen molar-refractivity contribution < 1.29 is 9.53 Å². The van der Waals surface area contributed by atoms with Gasteiger partial charge in [-0.25, -0.2) is 0 Å². The molecule has 2 nitrogen and oxygen atoms in total. The monoisotopic (exact) mass is 194 g/mol. The zero-order valence-corrected chi connectivity index (χ0v) is 8.97. The van der Waals surface area contributed by atoms with Crippen LogP contribution in [0.3, 0.4) is 0 Å². The van der Waals surface area contributed by atoms with Crippen molar-refractivity contribution in [3.63, 3.8) is 0 Å². The van der Waals surface area contributed by atoms with Gasteiger partial charge in [-0.2, -0.15) is 0 Å². The Morgan fingerprint density at radius 2 is 2.00 bits per heavy atom. The summed E-state index contributed by atoms with van der Waals surface area (Å²) in [5.41, 5.74) is 0. The first kappa shape index (κ1) is 11.2. The standard InChI is InChI=1S/C7H14O2S2/c1-7(2,3)11-10-5-6(8)9-4/h5H2,1-4H3. The smallest absolute Gasteiger partial charge is 0.316 e. The van der Waals surface area contributed by atoms with Gasteiger partial charge in [0.1, 0.15) is 5.75 Å². The van der Waals surface area contributed by atoms with Crippen molar-refractivity contribution >= 4 is 27.6 Å². The van der Waals surface area contributed by atoms with Gasteiger partial charge in [0.25, 0.3) is 0 Å². The van der Waals surface area contributed by atoms with Crippen molar-refractivity contribution in [3.8, 4) is 0 Å². The molecule has 0 spiro atoms. The van der Waals surface area contributed by atoms with E-state index in [-0.39, 0.29) is 10.7 Å². The molecule has 0 aromatic carbocycles. The largest absolute Gasteiger partial charge is 0.468 e. The highest BCUT2D eigenvalue weighted by Gasteiger charge is 2.12. The highest BCUT2D eigenvalue weighted by molar-refractivity contribution is 8.77. The van der Waals surface area contributed by atoms with Crippen LogP contribution in [0.4, 0.5) is 0 Å². The summed E-state index contributed by atoms with van der Waals surface area (Å²) in [5, 5.41) is 0. The lowest BCUT2D eigenvalue weighted by Gasteiger charge is -2.15. The van der Waals surface area contributed by atoms with Gasteiger partial charge in [0, 0.05) is 4.75 Å². The lowest BCUT2D eigenvalue weighted by atomic mass is 10.3. The molecule has 0 fully saturated rings. The number of carbonyl (C=O) groups excluding carboxylic acids is 1. The Balaban J connectivity index is 3.35. The first-order valence-electron chi connectivity index (χ1n) is 3.33. The molecule has 0 saturated heterocycles. The molecular weight excluding hydrogens is 180 g/mol. The van der Waals surface area contributed by atoms with Crippen LogP contribution in [0.15, 0.2) is 0 Å². The average molecular weight is 194 g/mol. The van der Waals surface area contributed by atoms with E-state index in [0.717, 1.165) is 0 Å². The lowest BCUT2D eigenvalue weighted by molar-refractivity contribution is -0.137. The molecule has 0 N–H and O–H groups in total. The Morgan fingerprint density at radius 1 is 1.45 bits per heavy atom. The zero-order valence-electron chi connectivity index (χ0n) is 7.34. The van der Waals surface area contributed by atoms with Gasteiger partial charge in [0.05, 0.1) is 7.11 Å². The third kappa shape index (κ3) is 8.07. The van der Waals surface area contributed by atoms with E-state index in [4.69, 9.17) is 0 Å². The highest BCUT2D eigenvalue weighted by Crippen LogP contribution is 2.34. The summed E-state index contributed by atoms with van der Waals surface area (Å²) < 4.78 is 4.70. The first-order valence-corrected chi connectivity index (χ1v) is 5.65. The predicted octanol–water partition coefficient (Wildman–Crippen LogP) is 2.34. The molecule has 0 radical (unpaired) electrons. The minimum atomic E-state index is -0.160. The van der Waals surface area contributed by atoms with Crippen LogP contribution in [0.1, 0.15) is 20.8 Å². The summed E-state index contributed by atoms with van der Waals surface area (Å²) in [6.45, 7) is 6.34. The Hall–Kier alpha value is 0.170. The Labute approximate surface area is 75.9 Å². The van der Waals surface area contributed by atoms with Crippen molar-refractivity contribution in [2.24, 2.45) is 0 Å². The minimum Gasteiger partial charge on any atom is -0.468 e. The molecule has 0 aliphatic carbocycles. The molecule has 0 unspecified atom stereocenters. The molecule has 11 heavy (non-hydrogen) atoms. The van der Waals surface area contributed by atoms with Gasteiger partial charge in [0.2, 0.25) is 0 Å². The maximum absolute atomic E-state index is 10.6. The van der Waals surface area contributed by atoms with E-state index in [2.05, 4.69) is 25.5 Å². The average Bonchev–Trinajstić information content (AvgIpc) is 1.85. The summed E-state index contributed by atoms with van der Waals surface area (Å²) >= 11 is 0.